The first-order valence-corrected chi connectivity index (χ1v) is 9.65. The van der Waals surface area contributed by atoms with Crippen LogP contribution in [0.3, 0.4) is 0 Å². The molecule has 1 unspecified atom stereocenters. The number of rotatable bonds is 6. The molecule has 0 spiro atoms. The number of carbonyl (C=O) groups excluding carboxylic acids is 1. The molecule has 0 aliphatic carbocycles. The second-order valence-corrected chi connectivity index (χ2v) is 7.49. The molecule has 1 aliphatic heterocycles. The third kappa shape index (κ3) is 4.78. The summed E-state index contributed by atoms with van der Waals surface area (Å²) in [7, 11) is 1.95. The Morgan fingerprint density at radius 2 is 2.27 bits per heavy atom. The van der Waals surface area contributed by atoms with Crippen LogP contribution in [-0.2, 0) is 11.2 Å². The number of carbonyl (C=O) groups is 1. The van der Waals surface area contributed by atoms with E-state index in [1.165, 1.54) is 6.42 Å². The average Bonchev–Trinajstić information content (AvgIpc) is 3.09. The molecule has 1 atom stereocenters. The van der Waals surface area contributed by atoms with Gasteiger partial charge in [0.1, 0.15) is 0 Å². The Morgan fingerprint density at radius 1 is 1.42 bits per heavy atom. The van der Waals surface area contributed by atoms with Gasteiger partial charge in [-0.3, -0.25) is 4.79 Å². The summed E-state index contributed by atoms with van der Waals surface area (Å²) < 4.78 is 5.77. The zero-order valence-corrected chi connectivity index (χ0v) is 16.3. The minimum absolute atomic E-state index is 0.162. The molecule has 1 fully saturated rings. The molecule has 2 heterocycles. The molecule has 2 aromatic rings. The number of halogens is 2. The predicted molar refractivity (Wildman–Crippen MR) is 104 cm³/mol. The summed E-state index contributed by atoms with van der Waals surface area (Å²) in [6.45, 7) is 2.63. The summed E-state index contributed by atoms with van der Waals surface area (Å²) in [5, 5.41) is 4.28. The molecule has 1 aromatic carbocycles. The van der Waals surface area contributed by atoms with Gasteiger partial charge in [-0.05, 0) is 50.6 Å². The summed E-state index contributed by atoms with van der Waals surface area (Å²) in [5.74, 6) is 1.83. The summed E-state index contributed by atoms with van der Waals surface area (Å²) in [6, 6.07) is 5.23. The van der Waals surface area contributed by atoms with Crippen LogP contribution in [0.2, 0.25) is 10.0 Å². The summed E-state index contributed by atoms with van der Waals surface area (Å²) >= 11 is 12.1. The van der Waals surface area contributed by atoms with Gasteiger partial charge in [0.25, 0.3) is 0 Å². The normalized spacial score (nSPS) is 17.5. The van der Waals surface area contributed by atoms with Crippen LogP contribution in [0.4, 0.5) is 0 Å². The molecule has 1 aromatic heterocycles. The third-order valence-corrected chi connectivity index (χ3v) is 5.22. The van der Waals surface area contributed by atoms with Gasteiger partial charge in [-0.15, -0.1) is 0 Å². The number of aryl methyl sites for hydroxylation is 1. The van der Waals surface area contributed by atoms with E-state index in [-0.39, 0.29) is 5.91 Å². The molecule has 26 heavy (non-hydrogen) atoms. The Morgan fingerprint density at radius 3 is 3.04 bits per heavy atom. The largest absolute Gasteiger partial charge is 0.441 e. The van der Waals surface area contributed by atoms with Crippen LogP contribution in [0.15, 0.2) is 28.8 Å². The van der Waals surface area contributed by atoms with Gasteiger partial charge in [0, 0.05) is 36.5 Å². The second kappa shape index (κ2) is 8.89. The van der Waals surface area contributed by atoms with Crippen LogP contribution in [0.25, 0.3) is 11.3 Å². The van der Waals surface area contributed by atoms with Gasteiger partial charge < -0.3 is 14.6 Å². The van der Waals surface area contributed by atoms with Crippen molar-refractivity contribution in [2.24, 2.45) is 5.92 Å². The zero-order valence-electron chi connectivity index (χ0n) is 14.8. The lowest BCUT2D eigenvalue weighted by Gasteiger charge is -2.32. The Bertz CT molecular complexity index is 761. The fourth-order valence-corrected chi connectivity index (χ4v) is 3.86. The lowest BCUT2D eigenvalue weighted by molar-refractivity contribution is -0.133. The standard InChI is InChI=1S/C19H23Cl2N3O2/c1-22-10-13-3-2-8-24(12-13)19(25)7-6-18-23-11-17(26-18)15-5-4-14(20)9-16(15)21/h4-5,9,11,13,22H,2-3,6-8,10,12H2,1H3. The lowest BCUT2D eigenvalue weighted by Crippen LogP contribution is -2.42. The number of amides is 1. The summed E-state index contributed by atoms with van der Waals surface area (Å²) in [6.07, 6.45) is 4.77. The lowest BCUT2D eigenvalue weighted by atomic mass is 9.97. The number of nitrogens with zero attached hydrogens (tertiary/aromatic N) is 2. The zero-order chi connectivity index (χ0) is 18.5. The van der Waals surface area contributed by atoms with Crippen molar-refractivity contribution in [3.8, 4) is 11.3 Å². The Balaban J connectivity index is 1.57. The molecule has 3 rings (SSSR count). The summed E-state index contributed by atoms with van der Waals surface area (Å²) in [5.41, 5.74) is 0.743. The van der Waals surface area contributed by atoms with Gasteiger partial charge in [-0.2, -0.15) is 0 Å². The van der Waals surface area contributed by atoms with E-state index in [0.717, 1.165) is 31.6 Å². The number of hydrogen-bond acceptors (Lipinski definition) is 4. The SMILES string of the molecule is CNCC1CCCN(C(=O)CCc2ncc(-c3ccc(Cl)cc3Cl)o2)C1. The number of benzene rings is 1. The van der Waals surface area contributed by atoms with E-state index < -0.39 is 0 Å². The van der Waals surface area contributed by atoms with Crippen molar-refractivity contribution >= 4 is 29.1 Å². The van der Waals surface area contributed by atoms with Crippen LogP contribution in [0.1, 0.15) is 25.2 Å². The number of oxazole rings is 1. The maximum absolute atomic E-state index is 12.5. The van der Waals surface area contributed by atoms with E-state index in [4.69, 9.17) is 27.6 Å². The van der Waals surface area contributed by atoms with Crippen LogP contribution >= 0.6 is 23.2 Å². The average molecular weight is 396 g/mol. The van der Waals surface area contributed by atoms with Gasteiger partial charge in [0.2, 0.25) is 5.91 Å². The number of aromatic nitrogens is 1. The number of hydrogen-bond donors (Lipinski definition) is 1. The van der Waals surface area contributed by atoms with Crippen molar-refractivity contribution in [1.82, 2.24) is 15.2 Å². The highest BCUT2D eigenvalue weighted by Gasteiger charge is 2.23. The van der Waals surface area contributed by atoms with Gasteiger partial charge in [-0.25, -0.2) is 4.98 Å². The maximum Gasteiger partial charge on any atom is 0.223 e. The van der Waals surface area contributed by atoms with Crippen molar-refractivity contribution in [3.63, 3.8) is 0 Å². The Hall–Kier alpha value is -1.56. The molecule has 0 radical (unpaired) electrons. The highest BCUT2D eigenvalue weighted by atomic mass is 35.5. The van der Waals surface area contributed by atoms with E-state index in [1.54, 1.807) is 24.4 Å². The Kier molecular flexibility index (Phi) is 6.57. The van der Waals surface area contributed by atoms with E-state index in [1.807, 2.05) is 11.9 Å². The van der Waals surface area contributed by atoms with E-state index in [2.05, 4.69) is 10.3 Å². The molecule has 0 saturated carbocycles. The first-order chi connectivity index (χ1) is 12.6. The molecule has 1 saturated heterocycles. The van der Waals surface area contributed by atoms with Crippen molar-refractivity contribution in [2.75, 3.05) is 26.7 Å². The van der Waals surface area contributed by atoms with Crippen molar-refractivity contribution in [2.45, 2.75) is 25.7 Å². The number of likely N-dealkylation sites (tertiary alicyclic amines) is 1. The van der Waals surface area contributed by atoms with Crippen molar-refractivity contribution in [1.29, 1.82) is 0 Å². The van der Waals surface area contributed by atoms with Crippen LogP contribution in [0.5, 0.6) is 0 Å². The van der Waals surface area contributed by atoms with E-state index >= 15 is 0 Å². The fourth-order valence-electron chi connectivity index (χ4n) is 3.36. The second-order valence-electron chi connectivity index (χ2n) is 6.65. The minimum Gasteiger partial charge on any atom is -0.441 e. The maximum atomic E-state index is 12.5. The highest BCUT2D eigenvalue weighted by molar-refractivity contribution is 6.36. The van der Waals surface area contributed by atoms with Crippen LogP contribution in [0, 0.1) is 5.92 Å². The van der Waals surface area contributed by atoms with Crippen molar-refractivity contribution < 1.29 is 9.21 Å². The Labute approximate surface area is 163 Å². The summed E-state index contributed by atoms with van der Waals surface area (Å²) in [4.78, 5) is 18.7. The van der Waals surface area contributed by atoms with Gasteiger partial charge >= 0.3 is 0 Å². The molecule has 1 amide bonds. The molecule has 140 valence electrons. The highest BCUT2D eigenvalue weighted by Crippen LogP contribution is 2.31. The molecule has 1 aliphatic rings. The van der Waals surface area contributed by atoms with E-state index in [9.17, 15) is 4.79 Å². The van der Waals surface area contributed by atoms with E-state index in [0.29, 0.717) is 40.5 Å². The number of nitrogens with one attached hydrogen (secondary N) is 1. The van der Waals surface area contributed by atoms with Gasteiger partial charge in [0.05, 0.1) is 11.2 Å². The fraction of sp³-hybridized carbons (Fsp3) is 0.474. The molecule has 7 heteroatoms. The third-order valence-electron chi connectivity index (χ3n) is 4.67. The van der Waals surface area contributed by atoms with Crippen LogP contribution < -0.4 is 5.32 Å². The monoisotopic (exact) mass is 395 g/mol. The smallest absolute Gasteiger partial charge is 0.223 e. The molecular weight excluding hydrogens is 373 g/mol. The van der Waals surface area contributed by atoms with Gasteiger partial charge in [-0.1, -0.05) is 23.2 Å². The van der Waals surface area contributed by atoms with Gasteiger partial charge in [0.15, 0.2) is 11.7 Å². The minimum atomic E-state index is 0.162. The quantitative estimate of drug-likeness (QED) is 0.801. The number of piperidine rings is 1. The molecule has 0 bridgehead atoms. The van der Waals surface area contributed by atoms with Crippen molar-refractivity contribution in [3.05, 3.63) is 40.3 Å². The topological polar surface area (TPSA) is 58.4 Å². The first kappa shape index (κ1) is 19.2. The molecule has 1 N–H and O–H groups in total. The molecular formula is C19H23Cl2N3O2. The first-order valence-electron chi connectivity index (χ1n) is 8.89. The predicted octanol–water partition coefficient (Wildman–Crippen LogP) is 4.04. The molecule has 5 nitrogen and oxygen atoms in total. The van der Waals surface area contributed by atoms with Crippen LogP contribution in [-0.4, -0.2) is 42.5 Å².